The van der Waals surface area contributed by atoms with Crippen molar-refractivity contribution in [3.8, 4) is 11.8 Å². The van der Waals surface area contributed by atoms with Gasteiger partial charge in [0.1, 0.15) is 17.4 Å². The average molecular weight is 312 g/mol. The summed E-state index contributed by atoms with van der Waals surface area (Å²) in [6.45, 7) is 1.07. The number of carbonyl (C=O) groups is 1. The van der Waals surface area contributed by atoms with Crippen molar-refractivity contribution in [2.75, 3.05) is 19.8 Å². The van der Waals surface area contributed by atoms with Crippen molar-refractivity contribution in [3.63, 3.8) is 0 Å². The van der Waals surface area contributed by atoms with E-state index in [0.717, 1.165) is 12.1 Å². The summed E-state index contributed by atoms with van der Waals surface area (Å²) >= 11 is 0. The van der Waals surface area contributed by atoms with Gasteiger partial charge in [0.15, 0.2) is 0 Å². The van der Waals surface area contributed by atoms with Crippen LogP contribution in [0.3, 0.4) is 0 Å². The SMILES string of the molecule is N#C/C(C(=O)c1ccc(OC(F)(F)F)cc1)=C1/COCCN1. The number of benzene rings is 1. The molecule has 0 atom stereocenters. The highest BCUT2D eigenvalue weighted by Gasteiger charge is 2.31. The summed E-state index contributed by atoms with van der Waals surface area (Å²) in [5, 5.41) is 12.0. The Hall–Kier alpha value is -2.53. The van der Waals surface area contributed by atoms with Crippen LogP contribution in [0.15, 0.2) is 35.5 Å². The maximum atomic E-state index is 12.2. The summed E-state index contributed by atoms with van der Waals surface area (Å²) in [7, 11) is 0. The first-order valence-corrected chi connectivity index (χ1v) is 6.26. The van der Waals surface area contributed by atoms with E-state index in [4.69, 9.17) is 10.00 Å². The number of nitrogens with zero attached hydrogens (tertiary/aromatic N) is 1. The molecule has 1 aliphatic rings. The molecule has 2 rings (SSSR count). The Kier molecular flexibility index (Phi) is 4.68. The van der Waals surface area contributed by atoms with Crippen LogP contribution in [0, 0.1) is 11.3 Å². The number of allylic oxidation sites excluding steroid dienone is 1. The van der Waals surface area contributed by atoms with Gasteiger partial charge in [-0.3, -0.25) is 4.79 Å². The van der Waals surface area contributed by atoms with Crippen LogP contribution in [-0.2, 0) is 4.74 Å². The number of ketones is 1. The molecule has 0 amide bonds. The average Bonchev–Trinajstić information content (AvgIpc) is 2.48. The molecule has 0 aliphatic carbocycles. The molecule has 1 aromatic carbocycles. The highest BCUT2D eigenvalue weighted by atomic mass is 19.4. The minimum absolute atomic E-state index is 0.0888. The van der Waals surface area contributed by atoms with E-state index < -0.39 is 17.9 Å². The molecular weight excluding hydrogens is 301 g/mol. The number of ether oxygens (including phenoxy) is 2. The third-order valence-electron chi connectivity index (χ3n) is 2.82. The second-order valence-electron chi connectivity index (χ2n) is 4.35. The number of Topliss-reactive ketones (excluding diaryl/α,β-unsaturated/α-hetero) is 1. The van der Waals surface area contributed by atoms with Gasteiger partial charge in [-0.2, -0.15) is 5.26 Å². The molecule has 1 aliphatic heterocycles. The number of alkyl halides is 3. The molecule has 0 unspecified atom stereocenters. The Bertz CT molecular complexity index is 622. The fraction of sp³-hybridized carbons (Fsp3) is 0.286. The first-order valence-electron chi connectivity index (χ1n) is 6.26. The van der Waals surface area contributed by atoms with E-state index in [0.29, 0.717) is 18.8 Å². The van der Waals surface area contributed by atoms with E-state index in [1.54, 1.807) is 6.07 Å². The minimum Gasteiger partial charge on any atom is -0.406 e. The lowest BCUT2D eigenvalue weighted by Gasteiger charge is -2.18. The smallest absolute Gasteiger partial charge is 0.406 e. The fourth-order valence-electron chi connectivity index (χ4n) is 1.87. The summed E-state index contributed by atoms with van der Waals surface area (Å²) < 4.78 is 45.1. The van der Waals surface area contributed by atoms with E-state index in [-0.39, 0.29) is 17.7 Å². The second kappa shape index (κ2) is 6.49. The Balaban J connectivity index is 2.20. The first-order chi connectivity index (χ1) is 10.4. The van der Waals surface area contributed by atoms with Crippen molar-refractivity contribution in [1.29, 1.82) is 5.26 Å². The standard InChI is InChI=1S/C14H11F3N2O3/c15-14(16,17)22-10-3-1-9(2-4-10)13(20)11(7-18)12-8-21-6-5-19-12/h1-4,19H,5-6,8H2/b12-11+. The molecular formula is C14H11F3N2O3. The predicted molar refractivity (Wildman–Crippen MR) is 68.9 cm³/mol. The predicted octanol–water partition coefficient (Wildman–Crippen LogP) is 2.17. The van der Waals surface area contributed by atoms with Gasteiger partial charge in [-0.05, 0) is 24.3 Å². The molecule has 0 bridgehead atoms. The van der Waals surface area contributed by atoms with Crippen molar-refractivity contribution in [3.05, 3.63) is 41.1 Å². The molecule has 1 fully saturated rings. The number of carbonyl (C=O) groups excluding carboxylic acids is 1. The Morgan fingerprint density at radius 2 is 2.00 bits per heavy atom. The number of nitriles is 1. The first kappa shape index (κ1) is 15.9. The lowest BCUT2D eigenvalue weighted by atomic mass is 10.0. The highest BCUT2D eigenvalue weighted by molar-refractivity contribution is 6.11. The molecule has 0 aromatic heterocycles. The minimum atomic E-state index is -4.80. The zero-order valence-corrected chi connectivity index (χ0v) is 11.2. The van der Waals surface area contributed by atoms with Crippen molar-refractivity contribution >= 4 is 5.78 Å². The lowest BCUT2D eigenvalue weighted by molar-refractivity contribution is -0.274. The van der Waals surface area contributed by atoms with Gasteiger partial charge in [0.25, 0.3) is 0 Å². The van der Waals surface area contributed by atoms with Crippen LogP contribution in [-0.4, -0.2) is 31.9 Å². The molecule has 0 spiro atoms. The van der Waals surface area contributed by atoms with Gasteiger partial charge in [-0.25, -0.2) is 0 Å². The van der Waals surface area contributed by atoms with E-state index in [9.17, 15) is 18.0 Å². The monoisotopic (exact) mass is 312 g/mol. The molecule has 5 nitrogen and oxygen atoms in total. The Morgan fingerprint density at radius 1 is 1.32 bits per heavy atom. The maximum absolute atomic E-state index is 12.2. The van der Waals surface area contributed by atoms with Gasteiger partial charge < -0.3 is 14.8 Å². The summed E-state index contributed by atoms with van der Waals surface area (Å²) in [5.74, 6) is -1.02. The second-order valence-corrected chi connectivity index (χ2v) is 4.35. The molecule has 0 radical (unpaired) electrons. The molecule has 1 aromatic rings. The van der Waals surface area contributed by atoms with Crippen LogP contribution in [0.5, 0.6) is 5.75 Å². The summed E-state index contributed by atoms with van der Waals surface area (Å²) in [6.07, 6.45) is -4.80. The summed E-state index contributed by atoms with van der Waals surface area (Å²) in [5.41, 5.74) is 0.338. The quantitative estimate of drug-likeness (QED) is 0.526. The maximum Gasteiger partial charge on any atom is 0.573 e. The zero-order valence-electron chi connectivity index (χ0n) is 11.2. The van der Waals surface area contributed by atoms with E-state index in [1.165, 1.54) is 12.1 Å². The van der Waals surface area contributed by atoms with E-state index >= 15 is 0 Å². The van der Waals surface area contributed by atoms with Crippen LogP contribution in [0.25, 0.3) is 0 Å². The molecule has 0 saturated carbocycles. The zero-order chi connectivity index (χ0) is 16.2. The van der Waals surface area contributed by atoms with Gasteiger partial charge in [0.05, 0.1) is 18.9 Å². The number of hydrogen-bond donors (Lipinski definition) is 1. The molecule has 8 heteroatoms. The van der Waals surface area contributed by atoms with Crippen LogP contribution >= 0.6 is 0 Å². The lowest BCUT2D eigenvalue weighted by Crippen LogP contribution is -2.31. The van der Waals surface area contributed by atoms with Crippen LogP contribution in [0.4, 0.5) is 13.2 Å². The van der Waals surface area contributed by atoms with Crippen LogP contribution < -0.4 is 10.1 Å². The van der Waals surface area contributed by atoms with E-state index in [2.05, 4.69) is 10.1 Å². The Labute approximate surface area is 123 Å². The van der Waals surface area contributed by atoms with Crippen molar-refractivity contribution in [2.24, 2.45) is 0 Å². The van der Waals surface area contributed by atoms with Gasteiger partial charge in [0.2, 0.25) is 5.78 Å². The molecule has 1 N–H and O–H groups in total. The Morgan fingerprint density at radius 3 is 2.50 bits per heavy atom. The fourth-order valence-corrected chi connectivity index (χ4v) is 1.87. The van der Waals surface area contributed by atoms with Crippen molar-refractivity contribution in [2.45, 2.75) is 6.36 Å². The number of hydrogen-bond acceptors (Lipinski definition) is 5. The number of rotatable bonds is 3. The third-order valence-corrected chi connectivity index (χ3v) is 2.82. The molecule has 116 valence electrons. The number of nitrogens with one attached hydrogen (secondary N) is 1. The summed E-state index contributed by atoms with van der Waals surface area (Å²) in [6, 6.07) is 6.18. The normalized spacial score (nSPS) is 17.2. The van der Waals surface area contributed by atoms with Crippen molar-refractivity contribution in [1.82, 2.24) is 5.32 Å². The van der Waals surface area contributed by atoms with Gasteiger partial charge in [-0.15, -0.1) is 13.2 Å². The highest BCUT2D eigenvalue weighted by Crippen LogP contribution is 2.23. The largest absolute Gasteiger partial charge is 0.573 e. The van der Waals surface area contributed by atoms with Gasteiger partial charge in [-0.1, -0.05) is 0 Å². The molecule has 22 heavy (non-hydrogen) atoms. The third kappa shape index (κ3) is 3.99. The molecule has 1 heterocycles. The number of halogens is 3. The number of morpholine rings is 1. The topological polar surface area (TPSA) is 71.4 Å². The van der Waals surface area contributed by atoms with Crippen molar-refractivity contribution < 1.29 is 27.4 Å². The van der Waals surface area contributed by atoms with Crippen LogP contribution in [0.2, 0.25) is 0 Å². The summed E-state index contributed by atoms with van der Waals surface area (Å²) in [4.78, 5) is 12.2. The van der Waals surface area contributed by atoms with Gasteiger partial charge in [0, 0.05) is 12.1 Å². The van der Waals surface area contributed by atoms with Crippen LogP contribution in [0.1, 0.15) is 10.4 Å². The van der Waals surface area contributed by atoms with E-state index in [1.807, 2.05) is 0 Å². The van der Waals surface area contributed by atoms with Gasteiger partial charge >= 0.3 is 6.36 Å². The molecule has 1 saturated heterocycles.